The number of fused-ring (bicyclic) bond motifs is 4. The van der Waals surface area contributed by atoms with Crippen molar-refractivity contribution >= 4 is 27.4 Å². The van der Waals surface area contributed by atoms with Crippen LogP contribution in [0.4, 0.5) is 5.69 Å². The number of nitrogens with zero attached hydrogens (tertiary/aromatic N) is 4. The molecule has 272 valence electrons. The Morgan fingerprint density at radius 1 is 1.20 bits per heavy atom. The Bertz CT molecular complexity index is 1950. The Labute approximate surface area is 302 Å². The van der Waals surface area contributed by atoms with Gasteiger partial charge in [0.2, 0.25) is 5.91 Å². The van der Waals surface area contributed by atoms with Crippen molar-refractivity contribution in [2.24, 2.45) is 29.2 Å². The number of hydrogen-bond donors (Lipinski definition) is 1. The maximum absolute atomic E-state index is 14.5. The Hall–Kier alpha value is -3.96. The average molecular weight is 714 g/mol. The van der Waals surface area contributed by atoms with E-state index in [4.69, 9.17) is 9.47 Å². The van der Waals surface area contributed by atoms with Crippen LogP contribution in [-0.4, -0.2) is 64.5 Å². The second-order valence-electron chi connectivity index (χ2n) is 15.4. The molecule has 7 rings (SSSR count). The van der Waals surface area contributed by atoms with Crippen molar-refractivity contribution in [2.75, 3.05) is 37.5 Å². The van der Waals surface area contributed by atoms with Crippen molar-refractivity contribution in [3.63, 3.8) is 0 Å². The van der Waals surface area contributed by atoms with Crippen LogP contribution < -0.4 is 14.4 Å². The number of methoxy groups -OCH3 is 1. The highest BCUT2D eigenvalue weighted by Crippen LogP contribution is 2.47. The third-order valence-electron chi connectivity index (χ3n) is 11.4. The van der Waals surface area contributed by atoms with E-state index in [1.54, 1.807) is 24.1 Å². The van der Waals surface area contributed by atoms with E-state index in [9.17, 15) is 13.8 Å². The third-order valence-corrected chi connectivity index (χ3v) is 13.4. The summed E-state index contributed by atoms with van der Waals surface area (Å²) in [5, 5.41) is 4.17. The second kappa shape index (κ2) is 14.6. The summed E-state index contributed by atoms with van der Waals surface area (Å²) < 4.78 is 35.9. The first-order valence-electron chi connectivity index (χ1n) is 18.4. The van der Waals surface area contributed by atoms with Gasteiger partial charge in [-0.25, -0.2) is 4.21 Å². The fourth-order valence-corrected chi connectivity index (χ4v) is 10.6. The first-order chi connectivity index (χ1) is 24.5. The van der Waals surface area contributed by atoms with Crippen LogP contribution in [0.5, 0.6) is 5.75 Å². The van der Waals surface area contributed by atoms with E-state index >= 15 is 0 Å². The minimum absolute atomic E-state index is 0.0342. The van der Waals surface area contributed by atoms with Crippen molar-refractivity contribution in [1.82, 2.24) is 14.5 Å². The molecule has 2 amide bonds. The van der Waals surface area contributed by atoms with Crippen molar-refractivity contribution in [3.8, 4) is 5.75 Å². The normalized spacial score (nSPS) is 29.8. The Morgan fingerprint density at radius 3 is 2.82 bits per heavy atom. The van der Waals surface area contributed by atoms with E-state index in [2.05, 4.69) is 56.4 Å². The van der Waals surface area contributed by atoms with Crippen molar-refractivity contribution in [2.45, 2.75) is 76.7 Å². The van der Waals surface area contributed by atoms with E-state index in [-0.39, 0.29) is 29.6 Å². The summed E-state index contributed by atoms with van der Waals surface area (Å²) in [5.74, 6) is 0.432. The fraction of sp³-hybridized carbons (Fsp3) is 0.525. The molecule has 2 aliphatic heterocycles. The van der Waals surface area contributed by atoms with Gasteiger partial charge in [-0.3, -0.25) is 19.0 Å². The van der Waals surface area contributed by atoms with E-state index in [0.29, 0.717) is 36.8 Å². The van der Waals surface area contributed by atoms with Crippen LogP contribution in [0, 0.1) is 24.7 Å². The molecule has 2 aromatic carbocycles. The molecule has 10 nitrogen and oxygen atoms in total. The second-order valence-corrected chi connectivity index (χ2v) is 17.4. The Kier molecular flexibility index (Phi) is 10.1. The number of amides is 2. The predicted molar refractivity (Wildman–Crippen MR) is 199 cm³/mol. The molecule has 1 aromatic heterocycles. The summed E-state index contributed by atoms with van der Waals surface area (Å²) in [7, 11) is 0.153. The third kappa shape index (κ3) is 7.65. The van der Waals surface area contributed by atoms with E-state index < -0.39 is 21.7 Å². The maximum atomic E-state index is 14.5. The number of allylic oxidation sites excluding steroid dienone is 1. The molecular weight excluding hydrogens is 663 g/mol. The smallest absolute Gasteiger partial charge is 0.286 e. The van der Waals surface area contributed by atoms with Crippen molar-refractivity contribution < 1.29 is 23.3 Å². The monoisotopic (exact) mass is 713 g/mol. The molecule has 51 heavy (non-hydrogen) atoms. The number of benzene rings is 2. The zero-order valence-corrected chi connectivity index (χ0v) is 31.1. The quantitative estimate of drug-likeness (QED) is 0.318. The summed E-state index contributed by atoms with van der Waals surface area (Å²) >= 11 is 0. The minimum atomic E-state index is -3.45. The average Bonchev–Trinajstić information content (AvgIpc) is 3.44. The van der Waals surface area contributed by atoms with Gasteiger partial charge >= 0.3 is 0 Å². The number of aryl methyl sites for hydroxylation is 4. The molecule has 1 saturated carbocycles. The molecule has 3 heterocycles. The van der Waals surface area contributed by atoms with Gasteiger partial charge in [0.15, 0.2) is 0 Å². The van der Waals surface area contributed by atoms with Crippen LogP contribution in [0.25, 0.3) is 0 Å². The van der Waals surface area contributed by atoms with E-state index in [1.165, 1.54) is 16.7 Å². The number of ether oxygens (including phenoxy) is 2. The van der Waals surface area contributed by atoms with Gasteiger partial charge in [0.1, 0.15) is 15.7 Å². The van der Waals surface area contributed by atoms with Crippen LogP contribution in [0.15, 0.2) is 65.3 Å². The molecule has 4 aliphatic rings. The van der Waals surface area contributed by atoms with Crippen LogP contribution in [0.2, 0.25) is 0 Å². The number of carbonyl (C=O) groups is 2. The number of anilines is 1. The molecule has 2 aliphatic carbocycles. The number of nitrogens with one attached hydrogen (secondary N) is 1. The first kappa shape index (κ1) is 35.4. The van der Waals surface area contributed by atoms with Crippen molar-refractivity contribution in [1.29, 1.82) is 0 Å². The first-order valence-corrected chi connectivity index (χ1v) is 20.1. The predicted octanol–water partition coefficient (Wildman–Crippen LogP) is 6.11. The lowest BCUT2D eigenvalue weighted by atomic mass is 9.68. The zero-order valence-electron chi connectivity index (χ0n) is 30.3. The van der Waals surface area contributed by atoms with Gasteiger partial charge in [-0.1, -0.05) is 42.8 Å². The summed E-state index contributed by atoms with van der Waals surface area (Å²) in [6.07, 6.45) is 14.3. The molecule has 1 unspecified atom stereocenters. The Morgan fingerprint density at radius 2 is 2.06 bits per heavy atom. The molecular formula is C40H51N5O5S. The summed E-state index contributed by atoms with van der Waals surface area (Å²) in [6.45, 7) is 6.26. The lowest BCUT2D eigenvalue weighted by Crippen LogP contribution is -2.49. The summed E-state index contributed by atoms with van der Waals surface area (Å²) in [5.41, 5.74) is 5.93. The van der Waals surface area contributed by atoms with Gasteiger partial charge in [0, 0.05) is 50.8 Å². The lowest BCUT2D eigenvalue weighted by Gasteiger charge is -2.46. The van der Waals surface area contributed by atoms with Crippen molar-refractivity contribution in [3.05, 3.63) is 88.8 Å². The molecule has 3 aromatic rings. The molecule has 11 heteroatoms. The summed E-state index contributed by atoms with van der Waals surface area (Å²) in [4.78, 5) is 29.6. The number of carbonyl (C=O) groups excluding carboxylic acids is 2. The largest absolute Gasteiger partial charge is 0.490 e. The zero-order chi connectivity index (χ0) is 35.8. The highest BCUT2D eigenvalue weighted by Gasteiger charge is 2.44. The van der Waals surface area contributed by atoms with Crippen LogP contribution in [-0.2, 0) is 44.8 Å². The number of hydrogen-bond acceptors (Lipinski definition) is 7. The minimum Gasteiger partial charge on any atom is -0.490 e. The van der Waals surface area contributed by atoms with Gasteiger partial charge in [-0.05, 0) is 105 Å². The molecule has 1 spiro atoms. The van der Waals surface area contributed by atoms with Crippen LogP contribution in [0.3, 0.4) is 0 Å². The molecule has 0 radical (unpaired) electrons. The van der Waals surface area contributed by atoms with Gasteiger partial charge in [-0.2, -0.15) is 5.10 Å². The fourth-order valence-electron chi connectivity index (χ4n) is 8.62. The molecule has 2 bridgehead atoms. The summed E-state index contributed by atoms with van der Waals surface area (Å²) in [6, 6.07) is 12.3. The number of rotatable bonds is 5. The van der Waals surface area contributed by atoms with Gasteiger partial charge in [-0.15, -0.1) is 4.36 Å². The molecule has 0 saturated heterocycles. The van der Waals surface area contributed by atoms with Gasteiger partial charge in [0.25, 0.3) is 5.91 Å². The van der Waals surface area contributed by atoms with Gasteiger partial charge < -0.3 is 14.4 Å². The van der Waals surface area contributed by atoms with Gasteiger partial charge in [0.05, 0.1) is 30.3 Å². The SMILES string of the molecule is CO[C@H]1/C=C/C[C@H](C)CS(=O)(NC(=O)CCc2cnn(C)c2)=NC(=O)c2ccc3c(c2)N(C[C@@H]2CC[C@H]21)C[C@@]1(CCCc2cc(C)ccc21)CO3. The highest BCUT2D eigenvalue weighted by atomic mass is 32.2. The van der Waals surface area contributed by atoms with Crippen LogP contribution in [0.1, 0.15) is 78.1 Å². The molecule has 1 fully saturated rings. The molecule has 6 atom stereocenters. The van der Waals surface area contributed by atoms with E-state index in [0.717, 1.165) is 62.2 Å². The number of aromatic nitrogens is 2. The van der Waals surface area contributed by atoms with Crippen LogP contribution >= 0.6 is 0 Å². The topological polar surface area (TPSA) is 115 Å². The van der Waals surface area contributed by atoms with E-state index in [1.807, 2.05) is 32.3 Å². The highest BCUT2D eigenvalue weighted by molar-refractivity contribution is 7.92. The molecule has 1 N–H and O–H groups in total. The lowest BCUT2D eigenvalue weighted by molar-refractivity contribution is -0.119. The standard InChI is InChI=1S/C40H51N5O5S/c1-27-10-15-34-30(19-27)8-6-18-40(34)25-45-23-32-12-14-33(32)36(49-4)9-5-7-28(2)24-51(48,42-38(46)17-11-29-21-41-44(3)22-29)43-39(47)31-13-16-37(50-26-40)35(45)20-31/h5,9-10,13,15-16,19-22,28,32-33,36H,6-8,11-12,14,17-18,23-26H2,1-4H3,(H,42,43,46,47,48)/b9-5+/t28-,32-,33+,36-,40-,51?/m0/s1. The maximum Gasteiger partial charge on any atom is 0.286 e. The Balaban J connectivity index is 1.25.